The summed E-state index contributed by atoms with van der Waals surface area (Å²) in [6, 6.07) is 18.0. The van der Waals surface area contributed by atoms with E-state index in [1.807, 2.05) is 42.6 Å². The molecule has 0 spiro atoms. The van der Waals surface area contributed by atoms with E-state index >= 15 is 0 Å². The molecular formula is C24H22N2O4S. The molecule has 6 nitrogen and oxygen atoms in total. The molecule has 158 valence electrons. The molecule has 0 bridgehead atoms. The molecule has 31 heavy (non-hydrogen) atoms. The predicted molar refractivity (Wildman–Crippen MR) is 123 cm³/mol. The number of ether oxygens (including phenoxy) is 2. The number of anilines is 2. The van der Waals surface area contributed by atoms with Gasteiger partial charge in [0.05, 0.1) is 30.7 Å². The van der Waals surface area contributed by atoms with Crippen LogP contribution in [0.1, 0.15) is 18.2 Å². The first-order chi connectivity index (χ1) is 15.1. The standard InChI is InChI=1S/C24H22N2O4S/c1-3-13-30-17-9-6-8-16(15-17)26-23(27)21(20-12-7-14-31-20)22(24(26)28)25-18-10-4-5-11-19(18)29-2/h4-12,14-15,25H,3,13H2,1-2H3. The van der Waals surface area contributed by atoms with Gasteiger partial charge in [0.2, 0.25) is 0 Å². The molecule has 2 aromatic carbocycles. The van der Waals surface area contributed by atoms with E-state index in [2.05, 4.69) is 5.32 Å². The Morgan fingerprint density at radius 3 is 2.58 bits per heavy atom. The maximum Gasteiger partial charge on any atom is 0.282 e. The lowest BCUT2D eigenvalue weighted by atomic mass is 10.1. The van der Waals surface area contributed by atoms with Crippen molar-refractivity contribution in [3.05, 3.63) is 76.6 Å². The summed E-state index contributed by atoms with van der Waals surface area (Å²) >= 11 is 1.41. The number of hydrogen-bond acceptors (Lipinski definition) is 6. The van der Waals surface area contributed by atoms with Crippen LogP contribution in [-0.4, -0.2) is 25.5 Å². The van der Waals surface area contributed by atoms with Crippen LogP contribution in [0.25, 0.3) is 5.57 Å². The van der Waals surface area contributed by atoms with Crippen LogP contribution in [0.5, 0.6) is 11.5 Å². The van der Waals surface area contributed by atoms with Crippen molar-refractivity contribution in [1.82, 2.24) is 0 Å². The van der Waals surface area contributed by atoms with Gasteiger partial charge in [-0.05, 0) is 42.1 Å². The zero-order valence-electron chi connectivity index (χ0n) is 17.3. The van der Waals surface area contributed by atoms with Crippen LogP contribution in [0.3, 0.4) is 0 Å². The van der Waals surface area contributed by atoms with Crippen LogP contribution >= 0.6 is 11.3 Å². The second-order valence-corrected chi connectivity index (χ2v) is 7.79. The first kappa shape index (κ1) is 20.7. The van der Waals surface area contributed by atoms with Crippen LogP contribution < -0.4 is 19.7 Å². The summed E-state index contributed by atoms with van der Waals surface area (Å²) < 4.78 is 11.1. The minimum absolute atomic E-state index is 0.219. The van der Waals surface area contributed by atoms with Gasteiger partial charge in [-0.1, -0.05) is 31.2 Å². The van der Waals surface area contributed by atoms with E-state index in [9.17, 15) is 9.59 Å². The Kier molecular flexibility index (Phi) is 6.04. The van der Waals surface area contributed by atoms with Crippen LogP contribution in [0.2, 0.25) is 0 Å². The zero-order chi connectivity index (χ0) is 21.8. The first-order valence-corrected chi connectivity index (χ1v) is 10.8. The fraction of sp³-hybridized carbons (Fsp3) is 0.167. The van der Waals surface area contributed by atoms with Gasteiger partial charge in [-0.2, -0.15) is 0 Å². The highest BCUT2D eigenvalue weighted by atomic mass is 32.1. The van der Waals surface area contributed by atoms with Gasteiger partial charge >= 0.3 is 0 Å². The zero-order valence-corrected chi connectivity index (χ0v) is 18.1. The van der Waals surface area contributed by atoms with Crippen molar-refractivity contribution >= 4 is 40.1 Å². The SMILES string of the molecule is CCCOc1cccc(N2C(=O)C(Nc3ccccc3OC)=C(c3cccs3)C2=O)c1. The third kappa shape index (κ3) is 4.04. The Morgan fingerprint density at radius 2 is 1.84 bits per heavy atom. The molecule has 1 aliphatic heterocycles. The molecule has 0 saturated heterocycles. The summed E-state index contributed by atoms with van der Waals surface area (Å²) in [5, 5.41) is 5.02. The number of rotatable bonds is 8. The molecule has 2 amide bonds. The van der Waals surface area contributed by atoms with Crippen LogP contribution in [0, 0.1) is 0 Å². The third-order valence-electron chi connectivity index (χ3n) is 4.77. The lowest BCUT2D eigenvalue weighted by Gasteiger charge is -2.17. The summed E-state index contributed by atoms with van der Waals surface area (Å²) in [5.41, 5.74) is 1.63. The van der Waals surface area contributed by atoms with Gasteiger partial charge in [0, 0.05) is 10.9 Å². The molecule has 1 aromatic heterocycles. The monoisotopic (exact) mass is 434 g/mol. The topological polar surface area (TPSA) is 67.9 Å². The predicted octanol–water partition coefficient (Wildman–Crippen LogP) is 4.94. The number of carbonyl (C=O) groups is 2. The van der Waals surface area contributed by atoms with E-state index in [4.69, 9.17) is 9.47 Å². The molecule has 0 unspecified atom stereocenters. The lowest BCUT2D eigenvalue weighted by molar-refractivity contribution is -0.120. The molecule has 0 radical (unpaired) electrons. The van der Waals surface area contributed by atoms with E-state index < -0.39 is 5.91 Å². The number of para-hydroxylation sites is 2. The number of nitrogens with zero attached hydrogens (tertiary/aromatic N) is 1. The van der Waals surface area contributed by atoms with Crippen molar-refractivity contribution in [3.63, 3.8) is 0 Å². The minimum Gasteiger partial charge on any atom is -0.495 e. The van der Waals surface area contributed by atoms with Crippen molar-refractivity contribution < 1.29 is 19.1 Å². The molecule has 1 N–H and O–H groups in total. The molecule has 0 fully saturated rings. The molecular weight excluding hydrogens is 412 g/mol. The molecule has 7 heteroatoms. The normalized spacial score (nSPS) is 13.7. The van der Waals surface area contributed by atoms with Gasteiger partial charge in [-0.15, -0.1) is 11.3 Å². The lowest BCUT2D eigenvalue weighted by Crippen LogP contribution is -2.32. The Bertz CT molecular complexity index is 1140. The number of carbonyl (C=O) groups excluding carboxylic acids is 2. The van der Waals surface area contributed by atoms with E-state index in [-0.39, 0.29) is 11.6 Å². The van der Waals surface area contributed by atoms with Crippen LogP contribution in [-0.2, 0) is 9.59 Å². The van der Waals surface area contributed by atoms with E-state index in [1.54, 1.807) is 37.4 Å². The fourth-order valence-corrected chi connectivity index (χ4v) is 4.11. The molecule has 0 saturated carbocycles. The van der Waals surface area contributed by atoms with Crippen LogP contribution in [0.15, 0.2) is 71.7 Å². The summed E-state index contributed by atoms with van der Waals surface area (Å²) in [4.78, 5) is 28.8. The average Bonchev–Trinajstić information content (AvgIpc) is 3.39. The Balaban J connectivity index is 1.75. The Labute approximate surface area is 184 Å². The van der Waals surface area contributed by atoms with Gasteiger partial charge in [-0.3, -0.25) is 9.59 Å². The van der Waals surface area contributed by atoms with E-state index in [0.717, 1.165) is 11.3 Å². The quantitative estimate of drug-likeness (QED) is 0.509. The van der Waals surface area contributed by atoms with E-state index in [1.165, 1.54) is 16.2 Å². The maximum absolute atomic E-state index is 13.5. The number of methoxy groups -OCH3 is 1. The average molecular weight is 435 g/mol. The van der Waals surface area contributed by atoms with Crippen molar-refractivity contribution in [2.75, 3.05) is 23.9 Å². The van der Waals surface area contributed by atoms with Crippen LogP contribution in [0.4, 0.5) is 11.4 Å². The number of nitrogens with one attached hydrogen (secondary N) is 1. The highest BCUT2D eigenvalue weighted by Gasteiger charge is 2.41. The minimum atomic E-state index is -0.424. The number of imide groups is 1. The molecule has 0 aliphatic carbocycles. The number of benzene rings is 2. The highest BCUT2D eigenvalue weighted by Crippen LogP contribution is 2.37. The highest BCUT2D eigenvalue weighted by molar-refractivity contribution is 7.11. The Morgan fingerprint density at radius 1 is 1.00 bits per heavy atom. The Hall–Kier alpha value is -3.58. The molecule has 0 atom stereocenters. The molecule has 4 rings (SSSR count). The maximum atomic E-state index is 13.5. The largest absolute Gasteiger partial charge is 0.495 e. The second-order valence-electron chi connectivity index (χ2n) is 6.84. The van der Waals surface area contributed by atoms with Gasteiger partial charge in [-0.25, -0.2) is 4.90 Å². The number of thiophene rings is 1. The second kappa shape index (κ2) is 9.06. The summed E-state index contributed by atoms with van der Waals surface area (Å²) in [7, 11) is 1.56. The molecule has 3 aromatic rings. The smallest absolute Gasteiger partial charge is 0.282 e. The van der Waals surface area contributed by atoms with Gasteiger partial charge in [0.15, 0.2) is 0 Å². The number of hydrogen-bond donors (Lipinski definition) is 1. The van der Waals surface area contributed by atoms with Crippen molar-refractivity contribution in [1.29, 1.82) is 0 Å². The third-order valence-corrected chi connectivity index (χ3v) is 5.65. The van der Waals surface area contributed by atoms with Crippen molar-refractivity contribution in [2.45, 2.75) is 13.3 Å². The van der Waals surface area contributed by atoms with Gasteiger partial charge in [0.1, 0.15) is 17.2 Å². The molecule has 1 aliphatic rings. The summed E-state index contributed by atoms with van der Waals surface area (Å²) in [6.07, 6.45) is 0.864. The first-order valence-electron chi connectivity index (χ1n) is 9.94. The van der Waals surface area contributed by atoms with Crippen molar-refractivity contribution in [3.8, 4) is 11.5 Å². The fourth-order valence-electron chi connectivity index (χ4n) is 3.34. The number of amides is 2. The summed E-state index contributed by atoms with van der Waals surface area (Å²) in [6.45, 7) is 2.58. The van der Waals surface area contributed by atoms with E-state index in [0.29, 0.717) is 35.1 Å². The summed E-state index contributed by atoms with van der Waals surface area (Å²) in [5.74, 6) is 0.391. The van der Waals surface area contributed by atoms with Gasteiger partial charge in [0.25, 0.3) is 11.8 Å². The molecule has 2 heterocycles. The van der Waals surface area contributed by atoms with Crippen molar-refractivity contribution in [2.24, 2.45) is 0 Å². The van der Waals surface area contributed by atoms with Gasteiger partial charge < -0.3 is 14.8 Å².